The van der Waals surface area contributed by atoms with Gasteiger partial charge in [0, 0.05) is 52.7 Å². The minimum absolute atomic E-state index is 0.191. The molecule has 1 amide bonds. The van der Waals surface area contributed by atoms with E-state index in [0.29, 0.717) is 19.7 Å². The summed E-state index contributed by atoms with van der Waals surface area (Å²) >= 11 is 0. The van der Waals surface area contributed by atoms with Crippen LogP contribution in [0.3, 0.4) is 0 Å². The molecule has 1 aromatic carbocycles. The second kappa shape index (κ2) is 8.51. The Morgan fingerprint density at radius 2 is 1.97 bits per heavy atom. The normalized spacial score (nSPS) is 18.8. The van der Waals surface area contributed by atoms with Crippen molar-refractivity contribution in [1.29, 1.82) is 0 Å². The van der Waals surface area contributed by atoms with Crippen LogP contribution < -0.4 is 4.90 Å². The Balaban J connectivity index is 1.33. The molecule has 0 radical (unpaired) electrons. The van der Waals surface area contributed by atoms with Crippen LogP contribution >= 0.6 is 0 Å². The van der Waals surface area contributed by atoms with E-state index in [4.69, 9.17) is 14.5 Å². The van der Waals surface area contributed by atoms with Gasteiger partial charge in [-0.05, 0) is 19.2 Å². The number of aromatic nitrogens is 2. The summed E-state index contributed by atoms with van der Waals surface area (Å²) in [6.45, 7) is 5.32. The fourth-order valence-corrected chi connectivity index (χ4v) is 4.02. The highest BCUT2D eigenvalue weighted by atomic mass is 16.6. The Bertz CT molecular complexity index is 853. The number of ether oxygens (including phenoxy) is 2. The van der Waals surface area contributed by atoms with Gasteiger partial charge in [0.15, 0.2) is 0 Å². The van der Waals surface area contributed by atoms with E-state index in [1.807, 2.05) is 42.4 Å². The summed E-state index contributed by atoms with van der Waals surface area (Å²) in [5, 5.41) is 0. The van der Waals surface area contributed by atoms with Crippen molar-refractivity contribution < 1.29 is 14.3 Å². The van der Waals surface area contributed by atoms with Crippen LogP contribution in [-0.2, 0) is 9.47 Å². The smallest absolute Gasteiger partial charge is 0.410 e. The fraction of sp³-hybridized carbons (Fsp3) is 0.571. The summed E-state index contributed by atoms with van der Waals surface area (Å²) in [6, 6.07) is 7.90. The number of anilines is 1. The maximum absolute atomic E-state index is 12.4. The standard InChI is InChI=1S/C21H29N5O3/c1-24(13-14-28-2)11-12-26-16-21(29-20(26)27)7-9-25(10-8-21)19-15-22-17-5-3-4-6-18(17)23-19/h3-6,15H,7-14,16H2,1-2H3. The number of carbonyl (C=O) groups is 1. The molecule has 0 bridgehead atoms. The summed E-state index contributed by atoms with van der Waals surface area (Å²) in [5.74, 6) is 0.888. The third kappa shape index (κ3) is 4.43. The number of methoxy groups -OCH3 is 1. The minimum atomic E-state index is -0.372. The van der Waals surface area contributed by atoms with Gasteiger partial charge < -0.3 is 24.2 Å². The van der Waals surface area contributed by atoms with Crippen LogP contribution in [0, 0.1) is 0 Å². The van der Waals surface area contributed by atoms with E-state index in [0.717, 1.165) is 55.9 Å². The molecule has 4 rings (SSSR count). The van der Waals surface area contributed by atoms with Crippen molar-refractivity contribution >= 4 is 22.9 Å². The van der Waals surface area contributed by atoms with Gasteiger partial charge in [-0.15, -0.1) is 0 Å². The number of para-hydroxylation sites is 2. The molecule has 0 unspecified atom stereocenters. The van der Waals surface area contributed by atoms with Crippen LogP contribution in [-0.4, -0.2) is 91.5 Å². The number of amides is 1. The Labute approximate surface area is 171 Å². The number of benzene rings is 1. The Hall–Kier alpha value is -2.45. The van der Waals surface area contributed by atoms with E-state index >= 15 is 0 Å². The van der Waals surface area contributed by atoms with Gasteiger partial charge in [0.05, 0.1) is 30.4 Å². The molecule has 0 saturated carbocycles. The molecular formula is C21H29N5O3. The summed E-state index contributed by atoms with van der Waals surface area (Å²) in [4.78, 5) is 27.9. The second-order valence-corrected chi connectivity index (χ2v) is 7.97. The SMILES string of the molecule is COCCN(C)CCN1CC2(CCN(c3cnc4ccccc4n3)CC2)OC1=O. The summed E-state index contributed by atoms with van der Waals surface area (Å²) in [6.07, 6.45) is 3.26. The van der Waals surface area contributed by atoms with E-state index in [2.05, 4.69) is 14.8 Å². The number of piperidine rings is 1. The molecule has 2 aromatic rings. The van der Waals surface area contributed by atoms with E-state index in [1.54, 1.807) is 7.11 Å². The van der Waals surface area contributed by atoms with Crippen LogP contribution in [0.4, 0.5) is 10.6 Å². The number of rotatable bonds is 7. The van der Waals surface area contributed by atoms with Crippen molar-refractivity contribution in [2.75, 3.05) is 64.9 Å². The molecule has 1 aromatic heterocycles. The van der Waals surface area contributed by atoms with Gasteiger partial charge in [-0.3, -0.25) is 4.98 Å². The summed E-state index contributed by atoms with van der Waals surface area (Å²) < 4.78 is 11.0. The molecule has 0 N–H and O–H groups in total. The van der Waals surface area contributed by atoms with E-state index in [9.17, 15) is 4.79 Å². The number of fused-ring (bicyclic) bond motifs is 1. The van der Waals surface area contributed by atoms with E-state index < -0.39 is 0 Å². The first kappa shape index (κ1) is 19.8. The van der Waals surface area contributed by atoms with Crippen molar-refractivity contribution in [2.24, 2.45) is 0 Å². The monoisotopic (exact) mass is 399 g/mol. The van der Waals surface area contributed by atoms with Gasteiger partial charge >= 0.3 is 6.09 Å². The molecule has 2 saturated heterocycles. The number of carbonyl (C=O) groups excluding carboxylic acids is 1. The first-order chi connectivity index (χ1) is 14.1. The molecule has 3 heterocycles. The average Bonchev–Trinajstić information content (AvgIpc) is 3.05. The zero-order chi connectivity index (χ0) is 20.3. The maximum atomic E-state index is 12.4. The quantitative estimate of drug-likeness (QED) is 0.705. The highest BCUT2D eigenvalue weighted by Gasteiger charge is 2.47. The van der Waals surface area contributed by atoms with Crippen LogP contribution in [0.5, 0.6) is 0 Å². The molecule has 29 heavy (non-hydrogen) atoms. The van der Waals surface area contributed by atoms with Crippen molar-refractivity contribution in [1.82, 2.24) is 19.8 Å². The summed E-state index contributed by atoms with van der Waals surface area (Å²) in [5.41, 5.74) is 1.44. The largest absolute Gasteiger partial charge is 0.441 e. The van der Waals surface area contributed by atoms with Gasteiger partial charge in [-0.1, -0.05) is 12.1 Å². The first-order valence-electron chi connectivity index (χ1n) is 10.2. The number of hydrogen-bond donors (Lipinski definition) is 0. The second-order valence-electron chi connectivity index (χ2n) is 7.97. The zero-order valence-electron chi connectivity index (χ0n) is 17.2. The van der Waals surface area contributed by atoms with Crippen LogP contribution in [0.1, 0.15) is 12.8 Å². The molecular weight excluding hydrogens is 370 g/mol. The lowest BCUT2D eigenvalue weighted by atomic mass is 9.91. The highest BCUT2D eigenvalue weighted by Crippen LogP contribution is 2.34. The fourth-order valence-electron chi connectivity index (χ4n) is 4.02. The Morgan fingerprint density at radius 3 is 2.72 bits per heavy atom. The lowest BCUT2D eigenvalue weighted by molar-refractivity contribution is 0.0366. The van der Waals surface area contributed by atoms with Crippen LogP contribution in [0.2, 0.25) is 0 Å². The third-order valence-corrected chi connectivity index (χ3v) is 5.90. The van der Waals surface area contributed by atoms with Crippen molar-refractivity contribution in [2.45, 2.75) is 18.4 Å². The van der Waals surface area contributed by atoms with Crippen LogP contribution in [0.25, 0.3) is 11.0 Å². The predicted molar refractivity (Wildman–Crippen MR) is 111 cm³/mol. The van der Waals surface area contributed by atoms with Gasteiger partial charge in [0.1, 0.15) is 11.4 Å². The lowest BCUT2D eigenvalue weighted by Gasteiger charge is -2.37. The number of hydrogen-bond acceptors (Lipinski definition) is 7. The van der Waals surface area contributed by atoms with Gasteiger partial charge in [0.2, 0.25) is 0 Å². The lowest BCUT2D eigenvalue weighted by Crippen LogP contribution is -2.47. The Kier molecular flexibility index (Phi) is 5.82. The molecule has 2 aliphatic rings. The highest BCUT2D eigenvalue weighted by molar-refractivity contribution is 5.75. The van der Waals surface area contributed by atoms with Crippen LogP contribution in [0.15, 0.2) is 30.5 Å². The minimum Gasteiger partial charge on any atom is -0.441 e. The molecule has 0 aliphatic carbocycles. The first-order valence-corrected chi connectivity index (χ1v) is 10.2. The number of likely N-dealkylation sites (N-methyl/N-ethyl adjacent to an activating group) is 1. The van der Waals surface area contributed by atoms with Crippen molar-refractivity contribution in [3.8, 4) is 0 Å². The van der Waals surface area contributed by atoms with Crippen molar-refractivity contribution in [3.05, 3.63) is 30.5 Å². The maximum Gasteiger partial charge on any atom is 0.410 e. The van der Waals surface area contributed by atoms with Gasteiger partial charge in [0.25, 0.3) is 0 Å². The van der Waals surface area contributed by atoms with Crippen molar-refractivity contribution in [3.63, 3.8) is 0 Å². The van der Waals surface area contributed by atoms with E-state index in [-0.39, 0.29) is 11.7 Å². The van der Waals surface area contributed by atoms with Gasteiger partial charge in [-0.2, -0.15) is 0 Å². The summed E-state index contributed by atoms with van der Waals surface area (Å²) in [7, 11) is 3.74. The van der Waals surface area contributed by atoms with Gasteiger partial charge in [-0.25, -0.2) is 9.78 Å². The predicted octanol–water partition coefficient (Wildman–Crippen LogP) is 2.00. The van der Waals surface area contributed by atoms with E-state index in [1.165, 1.54) is 0 Å². The molecule has 8 nitrogen and oxygen atoms in total. The third-order valence-electron chi connectivity index (χ3n) is 5.90. The number of nitrogens with zero attached hydrogens (tertiary/aromatic N) is 5. The molecule has 156 valence electrons. The molecule has 8 heteroatoms. The molecule has 2 aliphatic heterocycles. The molecule has 1 spiro atoms. The molecule has 0 atom stereocenters. The molecule has 2 fully saturated rings. The Morgan fingerprint density at radius 1 is 1.21 bits per heavy atom. The average molecular weight is 399 g/mol. The zero-order valence-corrected chi connectivity index (χ0v) is 17.2. The topological polar surface area (TPSA) is 71.0 Å².